The summed E-state index contributed by atoms with van der Waals surface area (Å²) < 4.78 is 11.5. The third-order valence-electron chi connectivity index (χ3n) is 2.65. The molecule has 1 aromatic carbocycles. The van der Waals surface area contributed by atoms with Crippen LogP contribution < -0.4 is 10.1 Å². The Bertz CT molecular complexity index is 374. The van der Waals surface area contributed by atoms with Crippen LogP contribution >= 0.6 is 15.9 Å². The van der Waals surface area contributed by atoms with Crippen LogP contribution in [0.1, 0.15) is 19.8 Å². The molecule has 0 heterocycles. The molecular formula is C14H22BrNO3. The number of hydrogen-bond acceptors (Lipinski definition) is 4. The minimum absolute atomic E-state index is 0.356. The van der Waals surface area contributed by atoms with E-state index in [1.54, 1.807) is 7.11 Å². The van der Waals surface area contributed by atoms with Gasteiger partial charge in [0.25, 0.3) is 0 Å². The van der Waals surface area contributed by atoms with Crippen molar-refractivity contribution in [3.8, 4) is 5.75 Å². The van der Waals surface area contributed by atoms with E-state index in [2.05, 4.69) is 28.2 Å². The van der Waals surface area contributed by atoms with Crippen molar-refractivity contribution in [1.29, 1.82) is 0 Å². The van der Waals surface area contributed by atoms with Crippen molar-refractivity contribution in [3.63, 3.8) is 0 Å². The fourth-order valence-electron chi connectivity index (χ4n) is 1.52. The van der Waals surface area contributed by atoms with Crippen LogP contribution in [-0.2, 0) is 4.74 Å². The van der Waals surface area contributed by atoms with E-state index in [1.807, 2.05) is 18.2 Å². The first-order chi connectivity index (χ1) is 9.17. The fraction of sp³-hybridized carbons (Fsp3) is 0.571. The number of anilines is 1. The number of ether oxygens (including phenoxy) is 2. The Morgan fingerprint density at radius 1 is 1.42 bits per heavy atom. The highest BCUT2D eigenvalue weighted by atomic mass is 79.9. The second-order valence-corrected chi connectivity index (χ2v) is 5.16. The third kappa shape index (κ3) is 6.27. The summed E-state index contributed by atoms with van der Waals surface area (Å²) in [5.41, 5.74) is 0.895. The summed E-state index contributed by atoms with van der Waals surface area (Å²) in [5, 5.41) is 13.0. The molecule has 5 heteroatoms. The molecule has 0 bridgehead atoms. The summed E-state index contributed by atoms with van der Waals surface area (Å²) in [7, 11) is 1.63. The molecule has 2 N–H and O–H groups in total. The average Bonchev–Trinajstić information content (AvgIpc) is 2.43. The van der Waals surface area contributed by atoms with E-state index in [0.717, 1.165) is 28.8 Å². The lowest BCUT2D eigenvalue weighted by Gasteiger charge is -2.14. The smallest absolute Gasteiger partial charge is 0.121 e. The lowest BCUT2D eigenvalue weighted by atomic mass is 10.3. The van der Waals surface area contributed by atoms with Crippen molar-refractivity contribution >= 4 is 21.6 Å². The predicted octanol–water partition coefficient (Wildman–Crippen LogP) is 3.05. The number of unbranched alkanes of at least 4 members (excludes halogenated alkanes) is 1. The van der Waals surface area contributed by atoms with Crippen molar-refractivity contribution in [3.05, 3.63) is 22.7 Å². The molecule has 0 spiro atoms. The van der Waals surface area contributed by atoms with E-state index in [1.165, 1.54) is 0 Å². The summed E-state index contributed by atoms with van der Waals surface area (Å²) in [6.45, 7) is 3.62. The highest BCUT2D eigenvalue weighted by Gasteiger charge is 2.06. The first-order valence-corrected chi connectivity index (χ1v) is 7.30. The van der Waals surface area contributed by atoms with Crippen molar-refractivity contribution in [2.45, 2.75) is 25.9 Å². The van der Waals surface area contributed by atoms with E-state index < -0.39 is 6.10 Å². The summed E-state index contributed by atoms with van der Waals surface area (Å²) >= 11 is 3.45. The number of methoxy groups -OCH3 is 1. The van der Waals surface area contributed by atoms with Crippen LogP contribution in [0.25, 0.3) is 0 Å². The number of benzene rings is 1. The maximum absolute atomic E-state index is 9.79. The quantitative estimate of drug-likeness (QED) is 0.683. The summed E-state index contributed by atoms with van der Waals surface area (Å²) in [4.78, 5) is 0. The molecule has 1 aromatic rings. The predicted molar refractivity (Wildman–Crippen MR) is 80.9 cm³/mol. The first-order valence-electron chi connectivity index (χ1n) is 6.50. The fourth-order valence-corrected chi connectivity index (χ4v) is 1.91. The Morgan fingerprint density at radius 2 is 2.21 bits per heavy atom. The molecule has 0 aliphatic rings. The van der Waals surface area contributed by atoms with E-state index in [9.17, 15) is 5.11 Å². The van der Waals surface area contributed by atoms with Gasteiger partial charge in [0, 0.05) is 23.7 Å². The maximum Gasteiger partial charge on any atom is 0.121 e. The minimum Gasteiger partial charge on any atom is -0.497 e. The number of aliphatic hydroxyl groups is 1. The van der Waals surface area contributed by atoms with Crippen LogP contribution in [0, 0.1) is 0 Å². The zero-order valence-corrected chi connectivity index (χ0v) is 13.1. The molecule has 1 rings (SSSR count). The average molecular weight is 332 g/mol. The Hall–Kier alpha value is -0.780. The highest BCUT2D eigenvalue weighted by Crippen LogP contribution is 2.26. The van der Waals surface area contributed by atoms with E-state index in [4.69, 9.17) is 9.47 Å². The summed E-state index contributed by atoms with van der Waals surface area (Å²) in [6, 6.07) is 5.67. The standard InChI is InChI=1S/C14H22BrNO3/c1-3-4-7-19-10-11(17)9-16-14-8-12(18-2)5-6-13(14)15/h5-6,8,11,16-17H,3-4,7,9-10H2,1-2H3. The Labute approximate surface area is 123 Å². The van der Waals surface area contributed by atoms with Crippen molar-refractivity contribution in [2.75, 3.05) is 32.2 Å². The zero-order valence-electron chi connectivity index (χ0n) is 11.5. The Kier molecular flexibility index (Phi) is 7.86. The molecule has 0 saturated heterocycles. The first kappa shape index (κ1) is 16.3. The molecule has 0 aromatic heterocycles. The zero-order chi connectivity index (χ0) is 14.1. The van der Waals surface area contributed by atoms with Gasteiger partial charge in [-0.05, 0) is 34.5 Å². The van der Waals surface area contributed by atoms with Crippen LogP contribution in [0.15, 0.2) is 22.7 Å². The van der Waals surface area contributed by atoms with Gasteiger partial charge in [0.1, 0.15) is 5.75 Å². The monoisotopic (exact) mass is 331 g/mol. The Morgan fingerprint density at radius 3 is 2.89 bits per heavy atom. The lowest BCUT2D eigenvalue weighted by Crippen LogP contribution is -2.25. The summed E-state index contributed by atoms with van der Waals surface area (Å²) in [5.74, 6) is 0.777. The molecule has 19 heavy (non-hydrogen) atoms. The number of nitrogens with one attached hydrogen (secondary N) is 1. The number of rotatable bonds is 9. The molecular weight excluding hydrogens is 310 g/mol. The van der Waals surface area contributed by atoms with Gasteiger partial charge in [-0.25, -0.2) is 0 Å². The molecule has 0 radical (unpaired) electrons. The van der Waals surface area contributed by atoms with Crippen molar-refractivity contribution < 1.29 is 14.6 Å². The second kappa shape index (κ2) is 9.18. The molecule has 4 nitrogen and oxygen atoms in total. The topological polar surface area (TPSA) is 50.7 Å². The van der Waals surface area contributed by atoms with E-state index >= 15 is 0 Å². The normalized spacial score (nSPS) is 12.2. The molecule has 0 fully saturated rings. The van der Waals surface area contributed by atoms with Gasteiger partial charge in [-0.2, -0.15) is 0 Å². The SMILES string of the molecule is CCCCOCC(O)CNc1cc(OC)ccc1Br. The van der Waals surface area contributed by atoms with Gasteiger partial charge in [0.2, 0.25) is 0 Å². The molecule has 108 valence electrons. The van der Waals surface area contributed by atoms with Gasteiger partial charge in [-0.15, -0.1) is 0 Å². The molecule has 0 aliphatic heterocycles. The molecule has 0 saturated carbocycles. The third-order valence-corrected chi connectivity index (χ3v) is 3.35. The second-order valence-electron chi connectivity index (χ2n) is 4.31. The van der Waals surface area contributed by atoms with E-state index in [-0.39, 0.29) is 0 Å². The maximum atomic E-state index is 9.79. The van der Waals surface area contributed by atoms with Crippen LogP contribution in [0.5, 0.6) is 5.75 Å². The van der Waals surface area contributed by atoms with Crippen molar-refractivity contribution in [2.24, 2.45) is 0 Å². The lowest BCUT2D eigenvalue weighted by molar-refractivity contribution is 0.0421. The van der Waals surface area contributed by atoms with Crippen LogP contribution in [0.3, 0.4) is 0 Å². The largest absolute Gasteiger partial charge is 0.497 e. The van der Waals surface area contributed by atoms with Gasteiger partial charge in [0.05, 0.1) is 25.5 Å². The molecule has 1 atom stereocenters. The van der Waals surface area contributed by atoms with Gasteiger partial charge >= 0.3 is 0 Å². The minimum atomic E-state index is -0.519. The number of hydrogen-bond donors (Lipinski definition) is 2. The number of aliphatic hydroxyl groups excluding tert-OH is 1. The van der Waals surface area contributed by atoms with E-state index in [0.29, 0.717) is 19.8 Å². The van der Waals surface area contributed by atoms with Crippen LogP contribution in [0.4, 0.5) is 5.69 Å². The van der Waals surface area contributed by atoms with Gasteiger partial charge < -0.3 is 19.9 Å². The van der Waals surface area contributed by atoms with Gasteiger partial charge in [0.15, 0.2) is 0 Å². The van der Waals surface area contributed by atoms with Crippen LogP contribution in [0.2, 0.25) is 0 Å². The van der Waals surface area contributed by atoms with Gasteiger partial charge in [-0.1, -0.05) is 13.3 Å². The Balaban J connectivity index is 2.34. The van der Waals surface area contributed by atoms with Gasteiger partial charge in [-0.3, -0.25) is 0 Å². The number of halogens is 1. The summed E-state index contributed by atoms with van der Waals surface area (Å²) in [6.07, 6.45) is 1.61. The molecule has 0 amide bonds. The highest BCUT2D eigenvalue weighted by molar-refractivity contribution is 9.10. The molecule has 1 unspecified atom stereocenters. The molecule has 0 aliphatic carbocycles. The van der Waals surface area contributed by atoms with Crippen molar-refractivity contribution in [1.82, 2.24) is 0 Å². The van der Waals surface area contributed by atoms with Crippen LogP contribution in [-0.4, -0.2) is 38.1 Å².